The Morgan fingerprint density at radius 1 is 1.44 bits per heavy atom. The number of benzene rings is 1. The minimum absolute atomic E-state index is 0.0939. The van der Waals surface area contributed by atoms with Crippen LogP contribution >= 0.6 is 0 Å². The van der Waals surface area contributed by atoms with Crippen molar-refractivity contribution >= 4 is 9.84 Å². The van der Waals surface area contributed by atoms with Crippen LogP contribution in [-0.4, -0.2) is 34.9 Å². The quantitative estimate of drug-likeness (QED) is 0.837. The van der Waals surface area contributed by atoms with Gasteiger partial charge in [-0.05, 0) is 25.2 Å². The fourth-order valence-electron chi connectivity index (χ4n) is 1.24. The summed E-state index contributed by atoms with van der Waals surface area (Å²) in [4.78, 5) is -0.106. The van der Waals surface area contributed by atoms with Crippen LogP contribution in [0.4, 0.5) is 4.39 Å². The number of methoxy groups -OCH3 is 1. The van der Waals surface area contributed by atoms with Crippen molar-refractivity contribution in [2.24, 2.45) is 0 Å². The molecule has 90 valence electrons. The molecule has 1 aromatic carbocycles. The first-order chi connectivity index (χ1) is 7.51. The van der Waals surface area contributed by atoms with Crippen LogP contribution in [0.25, 0.3) is 0 Å². The SMILES string of the molecule is CNCCS(=O)(=O)c1cc(F)ccc1OC. The number of hydrogen-bond acceptors (Lipinski definition) is 4. The van der Waals surface area contributed by atoms with Gasteiger partial charge in [0.05, 0.1) is 12.9 Å². The van der Waals surface area contributed by atoms with E-state index in [1.807, 2.05) is 0 Å². The number of halogens is 1. The van der Waals surface area contributed by atoms with Crippen molar-refractivity contribution in [2.75, 3.05) is 26.5 Å². The topological polar surface area (TPSA) is 55.4 Å². The Labute approximate surface area is 94.3 Å². The van der Waals surface area contributed by atoms with Gasteiger partial charge in [-0.25, -0.2) is 12.8 Å². The van der Waals surface area contributed by atoms with Crippen LogP contribution in [0.1, 0.15) is 0 Å². The highest BCUT2D eigenvalue weighted by Gasteiger charge is 2.19. The highest BCUT2D eigenvalue weighted by atomic mass is 32.2. The molecular formula is C10H14FNO3S. The molecule has 0 spiro atoms. The summed E-state index contributed by atoms with van der Waals surface area (Å²) in [5.74, 6) is -0.523. The van der Waals surface area contributed by atoms with Gasteiger partial charge >= 0.3 is 0 Å². The van der Waals surface area contributed by atoms with Crippen molar-refractivity contribution in [3.8, 4) is 5.75 Å². The molecule has 0 aliphatic carbocycles. The summed E-state index contributed by atoms with van der Waals surface area (Å²) in [6, 6.07) is 3.45. The van der Waals surface area contributed by atoms with E-state index in [1.54, 1.807) is 7.05 Å². The van der Waals surface area contributed by atoms with Gasteiger partial charge in [0, 0.05) is 6.54 Å². The van der Waals surface area contributed by atoms with Gasteiger partial charge in [-0.2, -0.15) is 0 Å². The summed E-state index contributed by atoms with van der Waals surface area (Å²) < 4.78 is 41.6. The van der Waals surface area contributed by atoms with Crippen molar-refractivity contribution in [2.45, 2.75) is 4.90 Å². The highest BCUT2D eigenvalue weighted by Crippen LogP contribution is 2.25. The van der Waals surface area contributed by atoms with Crippen LogP contribution < -0.4 is 10.1 Å². The molecule has 1 N–H and O–H groups in total. The van der Waals surface area contributed by atoms with E-state index in [-0.39, 0.29) is 16.4 Å². The Morgan fingerprint density at radius 2 is 2.12 bits per heavy atom. The van der Waals surface area contributed by atoms with E-state index in [2.05, 4.69) is 5.32 Å². The van der Waals surface area contributed by atoms with Crippen molar-refractivity contribution in [3.05, 3.63) is 24.0 Å². The zero-order valence-electron chi connectivity index (χ0n) is 9.16. The van der Waals surface area contributed by atoms with Gasteiger partial charge in [0.25, 0.3) is 0 Å². The second-order valence-corrected chi connectivity index (χ2v) is 5.30. The Bertz CT molecular complexity index is 459. The van der Waals surface area contributed by atoms with Crippen LogP contribution in [0, 0.1) is 5.82 Å². The third kappa shape index (κ3) is 2.93. The van der Waals surface area contributed by atoms with Gasteiger partial charge in [-0.1, -0.05) is 0 Å². The number of ether oxygens (including phenoxy) is 1. The van der Waals surface area contributed by atoms with Crippen molar-refractivity contribution in [3.63, 3.8) is 0 Å². The zero-order valence-corrected chi connectivity index (χ0v) is 9.97. The number of rotatable bonds is 5. The van der Waals surface area contributed by atoms with Gasteiger partial charge in [0.1, 0.15) is 16.5 Å². The van der Waals surface area contributed by atoms with Gasteiger partial charge < -0.3 is 10.1 Å². The molecule has 0 saturated heterocycles. The molecule has 0 unspecified atom stereocenters. The molecule has 0 saturated carbocycles. The van der Waals surface area contributed by atoms with Gasteiger partial charge in [-0.3, -0.25) is 0 Å². The molecular weight excluding hydrogens is 233 g/mol. The largest absolute Gasteiger partial charge is 0.495 e. The van der Waals surface area contributed by atoms with Crippen molar-refractivity contribution < 1.29 is 17.5 Å². The van der Waals surface area contributed by atoms with Crippen LogP contribution in [-0.2, 0) is 9.84 Å². The van der Waals surface area contributed by atoms with Crippen LogP contribution in [0.15, 0.2) is 23.1 Å². The minimum atomic E-state index is -3.52. The van der Waals surface area contributed by atoms with Gasteiger partial charge in [0.2, 0.25) is 0 Å². The van der Waals surface area contributed by atoms with Crippen LogP contribution in [0.3, 0.4) is 0 Å². The molecule has 4 nitrogen and oxygen atoms in total. The molecule has 0 bridgehead atoms. The Morgan fingerprint density at radius 3 is 2.69 bits per heavy atom. The first kappa shape index (κ1) is 12.9. The monoisotopic (exact) mass is 247 g/mol. The minimum Gasteiger partial charge on any atom is -0.495 e. The van der Waals surface area contributed by atoms with Gasteiger partial charge in [0.15, 0.2) is 9.84 Å². The number of hydrogen-bond donors (Lipinski definition) is 1. The third-order valence-electron chi connectivity index (χ3n) is 2.08. The summed E-state index contributed by atoms with van der Waals surface area (Å²) in [5.41, 5.74) is 0. The van der Waals surface area contributed by atoms with E-state index in [0.717, 1.165) is 12.1 Å². The third-order valence-corrected chi connectivity index (χ3v) is 3.81. The summed E-state index contributed by atoms with van der Waals surface area (Å²) in [6.07, 6.45) is 0. The normalized spacial score (nSPS) is 11.4. The van der Waals surface area contributed by atoms with Crippen molar-refractivity contribution in [1.29, 1.82) is 0 Å². The Kier molecular flexibility index (Phi) is 4.26. The summed E-state index contributed by atoms with van der Waals surface area (Å²) in [6.45, 7) is 0.308. The van der Waals surface area contributed by atoms with E-state index in [4.69, 9.17) is 4.74 Å². The first-order valence-electron chi connectivity index (χ1n) is 4.72. The molecule has 1 aromatic rings. The standard InChI is InChI=1S/C10H14FNO3S/c1-12-5-6-16(13,14)10-7-8(11)3-4-9(10)15-2/h3-4,7,12H,5-6H2,1-2H3. The fraction of sp³-hybridized carbons (Fsp3) is 0.400. The smallest absolute Gasteiger partial charge is 0.183 e. The fourth-order valence-corrected chi connectivity index (χ4v) is 2.68. The molecule has 1 rings (SSSR count). The van der Waals surface area contributed by atoms with E-state index < -0.39 is 15.7 Å². The average molecular weight is 247 g/mol. The lowest BCUT2D eigenvalue weighted by Crippen LogP contribution is -2.20. The number of sulfone groups is 1. The second-order valence-electron chi connectivity index (χ2n) is 3.22. The summed E-state index contributed by atoms with van der Waals surface area (Å²) in [5, 5.41) is 2.73. The molecule has 6 heteroatoms. The van der Waals surface area contributed by atoms with Crippen LogP contribution in [0.5, 0.6) is 5.75 Å². The Hall–Kier alpha value is -1.14. The molecule has 0 amide bonds. The highest BCUT2D eigenvalue weighted by molar-refractivity contribution is 7.91. The van der Waals surface area contributed by atoms with Crippen LogP contribution in [0.2, 0.25) is 0 Å². The van der Waals surface area contributed by atoms with E-state index >= 15 is 0 Å². The first-order valence-corrected chi connectivity index (χ1v) is 6.37. The van der Waals surface area contributed by atoms with Crippen molar-refractivity contribution in [1.82, 2.24) is 5.32 Å². The van der Waals surface area contributed by atoms with E-state index in [0.29, 0.717) is 6.54 Å². The Balaban J connectivity index is 3.15. The molecule has 0 radical (unpaired) electrons. The molecule has 0 fully saturated rings. The molecule has 0 atom stereocenters. The summed E-state index contributed by atoms with van der Waals surface area (Å²) >= 11 is 0. The predicted octanol–water partition coefficient (Wildman–Crippen LogP) is 0.827. The average Bonchev–Trinajstić information content (AvgIpc) is 2.26. The molecule has 0 aliphatic rings. The van der Waals surface area contributed by atoms with Gasteiger partial charge in [-0.15, -0.1) is 0 Å². The molecule has 0 aromatic heterocycles. The number of nitrogens with one attached hydrogen (secondary N) is 1. The lowest BCUT2D eigenvalue weighted by atomic mass is 10.3. The maximum absolute atomic E-state index is 13.0. The zero-order chi connectivity index (χ0) is 12.2. The van der Waals surface area contributed by atoms with E-state index in [1.165, 1.54) is 13.2 Å². The maximum atomic E-state index is 13.0. The van der Waals surface area contributed by atoms with E-state index in [9.17, 15) is 12.8 Å². The lowest BCUT2D eigenvalue weighted by molar-refractivity contribution is 0.401. The molecule has 0 aliphatic heterocycles. The molecule has 16 heavy (non-hydrogen) atoms. The summed E-state index contributed by atoms with van der Waals surface area (Å²) in [7, 11) is -0.513. The second kappa shape index (κ2) is 5.27. The lowest BCUT2D eigenvalue weighted by Gasteiger charge is -2.09. The maximum Gasteiger partial charge on any atom is 0.183 e. The molecule has 0 heterocycles. The predicted molar refractivity (Wildman–Crippen MR) is 58.9 cm³/mol.